The highest BCUT2D eigenvalue weighted by molar-refractivity contribution is 5.90. The molecule has 1 saturated heterocycles. The Morgan fingerprint density at radius 3 is 2.85 bits per heavy atom. The molecule has 2 aromatic rings. The zero-order valence-electron chi connectivity index (χ0n) is 15.4. The van der Waals surface area contributed by atoms with Crippen LogP contribution < -0.4 is 10.1 Å². The van der Waals surface area contributed by atoms with Crippen molar-refractivity contribution < 1.29 is 13.9 Å². The van der Waals surface area contributed by atoms with Gasteiger partial charge in [-0.1, -0.05) is 6.07 Å². The van der Waals surface area contributed by atoms with Gasteiger partial charge < -0.3 is 14.5 Å². The highest BCUT2D eigenvalue weighted by atomic mass is 16.5. The summed E-state index contributed by atoms with van der Waals surface area (Å²) in [5.41, 5.74) is 0.777. The van der Waals surface area contributed by atoms with E-state index in [4.69, 9.17) is 9.15 Å². The summed E-state index contributed by atoms with van der Waals surface area (Å²) < 4.78 is 10.6. The summed E-state index contributed by atoms with van der Waals surface area (Å²) in [6, 6.07) is 7.43. The van der Waals surface area contributed by atoms with Gasteiger partial charge in [0.25, 0.3) is 0 Å². The third-order valence-electron chi connectivity index (χ3n) is 4.77. The van der Waals surface area contributed by atoms with Crippen LogP contribution in [0, 0.1) is 12.8 Å². The fraction of sp³-hybridized carbons (Fsp3) is 0.526. The molecule has 1 aromatic heterocycles. The Balaban J connectivity index is 1.37. The number of aryl methyl sites for hydroxylation is 1. The normalized spacial score (nSPS) is 15.8. The Morgan fingerprint density at radius 2 is 2.15 bits per heavy atom. The maximum Gasteiger partial charge on any atom is 0.230 e. The monoisotopic (exact) mass is 358 g/mol. The minimum absolute atomic E-state index is 0.0574. The largest absolute Gasteiger partial charge is 0.497 e. The Morgan fingerprint density at radius 1 is 1.35 bits per heavy atom. The molecular weight excluding hydrogens is 332 g/mol. The van der Waals surface area contributed by atoms with Gasteiger partial charge >= 0.3 is 0 Å². The van der Waals surface area contributed by atoms with Gasteiger partial charge in [-0.05, 0) is 50.4 Å². The molecule has 0 unspecified atom stereocenters. The molecule has 0 saturated carbocycles. The van der Waals surface area contributed by atoms with E-state index < -0.39 is 0 Å². The smallest absolute Gasteiger partial charge is 0.230 e. The predicted octanol–water partition coefficient (Wildman–Crippen LogP) is 3.02. The van der Waals surface area contributed by atoms with Gasteiger partial charge in [0, 0.05) is 25.1 Å². The molecule has 0 radical (unpaired) electrons. The lowest BCUT2D eigenvalue weighted by atomic mass is 9.92. The van der Waals surface area contributed by atoms with Gasteiger partial charge in [0.15, 0.2) is 0 Å². The van der Waals surface area contributed by atoms with Crippen molar-refractivity contribution in [1.82, 2.24) is 15.1 Å². The highest BCUT2D eigenvalue weighted by Gasteiger charge is 2.21. The molecule has 140 valence electrons. The van der Waals surface area contributed by atoms with E-state index in [0.717, 1.165) is 43.8 Å². The van der Waals surface area contributed by atoms with Crippen molar-refractivity contribution in [2.45, 2.75) is 39.2 Å². The summed E-state index contributed by atoms with van der Waals surface area (Å²) in [5.74, 6) is 2.68. The lowest BCUT2D eigenvalue weighted by molar-refractivity contribution is -0.116. The number of benzene rings is 1. The van der Waals surface area contributed by atoms with Crippen molar-refractivity contribution in [2.24, 2.45) is 5.92 Å². The van der Waals surface area contributed by atoms with E-state index in [1.54, 1.807) is 14.0 Å². The van der Waals surface area contributed by atoms with Gasteiger partial charge in [-0.15, -0.1) is 10.2 Å². The van der Waals surface area contributed by atoms with Crippen molar-refractivity contribution in [2.75, 3.05) is 25.5 Å². The lowest BCUT2D eigenvalue weighted by Gasteiger charge is -2.30. The number of methoxy groups -OCH3 is 1. The van der Waals surface area contributed by atoms with E-state index in [1.165, 1.54) is 0 Å². The van der Waals surface area contributed by atoms with Gasteiger partial charge in [0.1, 0.15) is 5.75 Å². The fourth-order valence-electron chi connectivity index (χ4n) is 3.29. The van der Waals surface area contributed by atoms with E-state index in [2.05, 4.69) is 20.4 Å². The Kier molecular flexibility index (Phi) is 6.22. The minimum Gasteiger partial charge on any atom is -0.497 e. The van der Waals surface area contributed by atoms with Crippen molar-refractivity contribution in [3.05, 3.63) is 36.0 Å². The minimum atomic E-state index is 0.0574. The molecule has 0 bridgehead atoms. The zero-order chi connectivity index (χ0) is 18.4. The first-order valence-electron chi connectivity index (χ1n) is 9.07. The van der Waals surface area contributed by atoms with E-state index in [9.17, 15) is 4.79 Å². The quantitative estimate of drug-likeness (QED) is 0.819. The summed E-state index contributed by atoms with van der Waals surface area (Å²) in [6.45, 7) is 4.52. The van der Waals surface area contributed by atoms with Crippen LogP contribution in [0.4, 0.5) is 5.69 Å². The van der Waals surface area contributed by atoms with Crippen molar-refractivity contribution in [1.29, 1.82) is 0 Å². The molecule has 0 atom stereocenters. The van der Waals surface area contributed by atoms with Crippen LogP contribution in [0.3, 0.4) is 0 Å². The summed E-state index contributed by atoms with van der Waals surface area (Å²) in [4.78, 5) is 14.5. The summed E-state index contributed by atoms with van der Waals surface area (Å²) in [6.07, 6.45) is 3.66. The molecule has 1 aromatic carbocycles. The number of likely N-dealkylation sites (tertiary alicyclic amines) is 1. The number of ether oxygens (including phenoxy) is 1. The maximum absolute atomic E-state index is 12.2. The summed E-state index contributed by atoms with van der Waals surface area (Å²) >= 11 is 0. The molecule has 7 nitrogen and oxygen atoms in total. The number of aromatic nitrogens is 2. The second kappa shape index (κ2) is 8.80. The number of anilines is 1. The van der Waals surface area contributed by atoms with Gasteiger partial charge in [0.05, 0.1) is 13.7 Å². The average Bonchev–Trinajstić information content (AvgIpc) is 3.06. The summed E-state index contributed by atoms with van der Waals surface area (Å²) in [5, 5.41) is 10.9. The Bertz CT molecular complexity index is 723. The van der Waals surface area contributed by atoms with Crippen molar-refractivity contribution in [3.8, 4) is 5.75 Å². The predicted molar refractivity (Wildman–Crippen MR) is 97.9 cm³/mol. The van der Waals surface area contributed by atoms with Crippen LogP contribution in [0.1, 0.15) is 37.5 Å². The third-order valence-corrected chi connectivity index (χ3v) is 4.77. The number of rotatable bonds is 7. The van der Waals surface area contributed by atoms with E-state index in [0.29, 0.717) is 30.7 Å². The van der Waals surface area contributed by atoms with Gasteiger partial charge in [0.2, 0.25) is 17.7 Å². The van der Waals surface area contributed by atoms with Crippen LogP contribution in [0.5, 0.6) is 5.75 Å². The fourth-order valence-corrected chi connectivity index (χ4v) is 3.29. The van der Waals surface area contributed by atoms with Crippen LogP contribution in [0.25, 0.3) is 0 Å². The number of amides is 1. The zero-order valence-corrected chi connectivity index (χ0v) is 15.4. The number of hydrogen-bond donors (Lipinski definition) is 1. The van der Waals surface area contributed by atoms with E-state index in [-0.39, 0.29) is 5.91 Å². The second-order valence-corrected chi connectivity index (χ2v) is 6.75. The molecule has 1 fully saturated rings. The molecule has 3 rings (SSSR count). The van der Waals surface area contributed by atoms with Crippen LogP contribution in [-0.4, -0.2) is 41.2 Å². The second-order valence-electron chi connectivity index (χ2n) is 6.75. The van der Waals surface area contributed by atoms with Crippen LogP contribution in [0.15, 0.2) is 28.7 Å². The Hall–Kier alpha value is -2.41. The molecule has 0 spiro atoms. The van der Waals surface area contributed by atoms with Gasteiger partial charge in [-0.2, -0.15) is 0 Å². The molecule has 2 heterocycles. The number of carbonyl (C=O) groups is 1. The van der Waals surface area contributed by atoms with E-state index in [1.807, 2.05) is 24.3 Å². The van der Waals surface area contributed by atoms with E-state index >= 15 is 0 Å². The van der Waals surface area contributed by atoms with Crippen molar-refractivity contribution >= 4 is 11.6 Å². The standard InChI is InChI=1S/C19H26N4O3/c1-14-21-22-19(26-14)13-23-10-8-15(9-11-23)6-7-18(24)20-16-4-3-5-17(12-16)25-2/h3-5,12,15H,6-11,13H2,1-2H3,(H,20,24). The molecule has 1 N–H and O–H groups in total. The van der Waals surface area contributed by atoms with Crippen molar-refractivity contribution in [3.63, 3.8) is 0 Å². The number of hydrogen-bond acceptors (Lipinski definition) is 6. The van der Waals surface area contributed by atoms with Gasteiger partial charge in [-0.3, -0.25) is 9.69 Å². The number of piperidine rings is 1. The maximum atomic E-state index is 12.2. The summed E-state index contributed by atoms with van der Waals surface area (Å²) in [7, 11) is 1.62. The molecular formula is C19H26N4O3. The average molecular weight is 358 g/mol. The molecule has 1 aliphatic rings. The van der Waals surface area contributed by atoms with Gasteiger partial charge in [-0.25, -0.2) is 0 Å². The number of nitrogens with zero attached hydrogens (tertiary/aromatic N) is 3. The highest BCUT2D eigenvalue weighted by Crippen LogP contribution is 2.23. The first-order chi connectivity index (χ1) is 12.6. The topological polar surface area (TPSA) is 80.5 Å². The van der Waals surface area contributed by atoms with Crippen LogP contribution >= 0.6 is 0 Å². The lowest BCUT2D eigenvalue weighted by Crippen LogP contribution is -2.33. The van der Waals surface area contributed by atoms with Crippen LogP contribution in [-0.2, 0) is 11.3 Å². The first-order valence-corrected chi connectivity index (χ1v) is 9.07. The molecule has 7 heteroatoms. The number of carbonyl (C=O) groups excluding carboxylic acids is 1. The Labute approximate surface area is 153 Å². The first kappa shape index (κ1) is 18.4. The molecule has 0 aliphatic carbocycles. The molecule has 1 aliphatic heterocycles. The molecule has 26 heavy (non-hydrogen) atoms. The SMILES string of the molecule is COc1cccc(NC(=O)CCC2CCN(Cc3nnc(C)o3)CC2)c1. The third kappa shape index (κ3) is 5.29. The molecule has 1 amide bonds. The van der Waals surface area contributed by atoms with Crippen LogP contribution in [0.2, 0.25) is 0 Å². The number of nitrogens with one attached hydrogen (secondary N) is 1.